The van der Waals surface area contributed by atoms with Crippen molar-refractivity contribution in [3.8, 4) is 0 Å². The van der Waals surface area contributed by atoms with Crippen LogP contribution in [0, 0.1) is 0 Å². The van der Waals surface area contributed by atoms with E-state index in [0.717, 1.165) is 0 Å². The summed E-state index contributed by atoms with van der Waals surface area (Å²) in [5, 5.41) is 23.6. The molecular weight excluding hydrogens is 234 g/mol. The van der Waals surface area contributed by atoms with E-state index >= 15 is 0 Å². The summed E-state index contributed by atoms with van der Waals surface area (Å²) in [6.45, 7) is 1.94. The zero-order valence-corrected chi connectivity index (χ0v) is 10.3. The summed E-state index contributed by atoms with van der Waals surface area (Å²) in [5.74, 6) is -0.190. The van der Waals surface area contributed by atoms with Crippen LogP contribution in [-0.2, 0) is 0 Å². The second kappa shape index (κ2) is 6.83. The molecule has 6 heteroatoms. The van der Waals surface area contributed by atoms with Crippen molar-refractivity contribution in [2.24, 2.45) is 0 Å². The van der Waals surface area contributed by atoms with Gasteiger partial charge in [-0.2, -0.15) is 0 Å². The summed E-state index contributed by atoms with van der Waals surface area (Å²) < 4.78 is 0. The summed E-state index contributed by atoms with van der Waals surface area (Å²) in [7, 11) is 0. The van der Waals surface area contributed by atoms with E-state index in [1.54, 1.807) is 18.2 Å². The number of anilines is 2. The maximum absolute atomic E-state index is 11.7. The molecule has 0 atom stereocenters. The maximum atomic E-state index is 11.7. The molecule has 0 fully saturated rings. The topological polar surface area (TPSA) is 108 Å². The average molecular weight is 253 g/mol. The number of rotatable bonds is 6. The minimum atomic E-state index is -0.503. The van der Waals surface area contributed by atoms with E-state index in [2.05, 4.69) is 10.6 Å². The van der Waals surface area contributed by atoms with Crippen LogP contribution in [0.15, 0.2) is 18.2 Å². The number of hydrogen-bond acceptors (Lipinski definition) is 5. The Morgan fingerprint density at radius 1 is 1.39 bits per heavy atom. The van der Waals surface area contributed by atoms with Crippen LogP contribution in [0.2, 0.25) is 0 Å². The fourth-order valence-corrected chi connectivity index (χ4v) is 1.45. The van der Waals surface area contributed by atoms with E-state index in [-0.39, 0.29) is 19.1 Å². The Morgan fingerprint density at radius 3 is 2.61 bits per heavy atom. The van der Waals surface area contributed by atoms with Crippen LogP contribution in [0.1, 0.15) is 17.3 Å². The normalized spacial score (nSPS) is 10.4. The first kappa shape index (κ1) is 14.3. The second-order valence-electron chi connectivity index (χ2n) is 3.87. The van der Waals surface area contributed by atoms with Gasteiger partial charge in [-0.05, 0) is 25.1 Å². The van der Waals surface area contributed by atoms with E-state index in [1.165, 1.54) is 0 Å². The van der Waals surface area contributed by atoms with Crippen LogP contribution >= 0.6 is 0 Å². The van der Waals surface area contributed by atoms with E-state index < -0.39 is 6.04 Å². The van der Waals surface area contributed by atoms with Gasteiger partial charge in [0.15, 0.2) is 0 Å². The van der Waals surface area contributed by atoms with Gasteiger partial charge in [0.25, 0.3) is 5.91 Å². The van der Waals surface area contributed by atoms with Gasteiger partial charge < -0.3 is 26.6 Å². The molecule has 1 rings (SSSR count). The molecule has 0 spiro atoms. The van der Waals surface area contributed by atoms with E-state index in [1.807, 2.05) is 6.92 Å². The highest BCUT2D eigenvalue weighted by atomic mass is 16.3. The molecule has 0 saturated heterocycles. The minimum Gasteiger partial charge on any atom is -0.397 e. The molecule has 100 valence electrons. The molecule has 1 aromatic carbocycles. The predicted molar refractivity (Wildman–Crippen MR) is 70.4 cm³/mol. The number of aliphatic hydroxyl groups is 2. The highest BCUT2D eigenvalue weighted by Crippen LogP contribution is 2.20. The first-order chi connectivity index (χ1) is 8.62. The van der Waals surface area contributed by atoms with Crippen molar-refractivity contribution in [1.29, 1.82) is 0 Å². The second-order valence-corrected chi connectivity index (χ2v) is 3.87. The Morgan fingerprint density at radius 2 is 2.06 bits per heavy atom. The molecular formula is C12H19N3O3. The molecule has 1 amide bonds. The first-order valence-corrected chi connectivity index (χ1v) is 5.78. The van der Waals surface area contributed by atoms with E-state index in [4.69, 9.17) is 15.9 Å². The third-order valence-corrected chi connectivity index (χ3v) is 2.45. The van der Waals surface area contributed by atoms with Crippen LogP contribution in [0.3, 0.4) is 0 Å². The van der Waals surface area contributed by atoms with Crippen molar-refractivity contribution in [2.45, 2.75) is 13.0 Å². The predicted octanol–water partition coefficient (Wildman–Crippen LogP) is -0.216. The zero-order chi connectivity index (χ0) is 13.5. The number of nitrogens with one attached hydrogen (secondary N) is 2. The number of benzene rings is 1. The molecule has 0 heterocycles. The number of carbonyl (C=O) groups is 1. The van der Waals surface area contributed by atoms with Crippen molar-refractivity contribution >= 4 is 17.3 Å². The standard InChI is InChI=1S/C12H19N3O3/c1-2-14-12(18)8-3-4-10(13)11(5-8)15-9(6-16)7-17/h3-5,9,15-17H,2,6-7,13H2,1H3,(H,14,18). The summed E-state index contributed by atoms with van der Waals surface area (Å²) in [5.41, 5.74) is 7.21. The van der Waals surface area contributed by atoms with Gasteiger partial charge in [0.1, 0.15) is 0 Å². The van der Waals surface area contributed by atoms with Crippen LogP contribution in [0.5, 0.6) is 0 Å². The van der Waals surface area contributed by atoms with Gasteiger partial charge in [0.2, 0.25) is 0 Å². The van der Waals surface area contributed by atoms with Gasteiger partial charge in [-0.15, -0.1) is 0 Å². The fraction of sp³-hybridized carbons (Fsp3) is 0.417. The number of nitrogen functional groups attached to an aromatic ring is 1. The molecule has 1 aromatic rings. The highest BCUT2D eigenvalue weighted by molar-refractivity contribution is 5.96. The zero-order valence-electron chi connectivity index (χ0n) is 10.3. The van der Waals surface area contributed by atoms with Gasteiger partial charge in [0.05, 0.1) is 30.6 Å². The van der Waals surface area contributed by atoms with Gasteiger partial charge in [0, 0.05) is 12.1 Å². The lowest BCUT2D eigenvalue weighted by Crippen LogP contribution is -2.28. The average Bonchev–Trinajstić information content (AvgIpc) is 2.38. The van der Waals surface area contributed by atoms with Crippen molar-refractivity contribution in [3.05, 3.63) is 23.8 Å². The lowest BCUT2D eigenvalue weighted by atomic mass is 10.1. The van der Waals surface area contributed by atoms with E-state index in [0.29, 0.717) is 23.5 Å². The number of carbonyl (C=O) groups excluding carboxylic acids is 1. The molecule has 6 N–H and O–H groups in total. The monoisotopic (exact) mass is 253 g/mol. The van der Waals surface area contributed by atoms with Crippen molar-refractivity contribution in [2.75, 3.05) is 30.8 Å². The molecule has 0 aromatic heterocycles. The Hall–Kier alpha value is -1.79. The van der Waals surface area contributed by atoms with Gasteiger partial charge >= 0.3 is 0 Å². The molecule has 0 aliphatic carbocycles. The third kappa shape index (κ3) is 3.61. The highest BCUT2D eigenvalue weighted by Gasteiger charge is 2.11. The molecule has 18 heavy (non-hydrogen) atoms. The van der Waals surface area contributed by atoms with Crippen LogP contribution in [0.4, 0.5) is 11.4 Å². The Labute approximate surface area is 106 Å². The number of nitrogens with two attached hydrogens (primary N) is 1. The fourth-order valence-electron chi connectivity index (χ4n) is 1.45. The molecule has 0 aliphatic heterocycles. The van der Waals surface area contributed by atoms with Crippen LogP contribution in [-0.4, -0.2) is 41.9 Å². The molecule has 0 radical (unpaired) electrons. The van der Waals surface area contributed by atoms with Gasteiger partial charge in [-0.25, -0.2) is 0 Å². The lowest BCUT2D eigenvalue weighted by molar-refractivity contribution is 0.0956. The molecule has 0 saturated carbocycles. The first-order valence-electron chi connectivity index (χ1n) is 5.78. The summed E-state index contributed by atoms with van der Waals surface area (Å²) >= 11 is 0. The van der Waals surface area contributed by atoms with E-state index in [9.17, 15) is 4.79 Å². The number of amides is 1. The van der Waals surface area contributed by atoms with Crippen molar-refractivity contribution < 1.29 is 15.0 Å². The van der Waals surface area contributed by atoms with Crippen molar-refractivity contribution in [3.63, 3.8) is 0 Å². The SMILES string of the molecule is CCNC(=O)c1ccc(N)c(NC(CO)CO)c1. The lowest BCUT2D eigenvalue weighted by Gasteiger charge is -2.17. The molecule has 0 unspecified atom stereocenters. The molecule has 0 bridgehead atoms. The van der Waals surface area contributed by atoms with Crippen LogP contribution in [0.25, 0.3) is 0 Å². The summed E-state index contributed by atoms with van der Waals surface area (Å²) in [6.07, 6.45) is 0. The van der Waals surface area contributed by atoms with Crippen LogP contribution < -0.4 is 16.4 Å². The molecule has 6 nitrogen and oxygen atoms in total. The Bertz CT molecular complexity index is 406. The third-order valence-electron chi connectivity index (χ3n) is 2.45. The minimum absolute atomic E-state index is 0.190. The van der Waals surface area contributed by atoms with Gasteiger partial charge in [-0.3, -0.25) is 4.79 Å². The number of aliphatic hydroxyl groups excluding tert-OH is 2. The van der Waals surface area contributed by atoms with Gasteiger partial charge in [-0.1, -0.05) is 0 Å². The summed E-state index contributed by atoms with van der Waals surface area (Å²) in [6, 6.07) is 4.33. The number of hydrogen-bond donors (Lipinski definition) is 5. The molecule has 0 aliphatic rings. The summed E-state index contributed by atoms with van der Waals surface area (Å²) in [4.78, 5) is 11.7. The Balaban J connectivity index is 2.90. The Kier molecular flexibility index (Phi) is 5.41. The van der Waals surface area contributed by atoms with Crippen molar-refractivity contribution in [1.82, 2.24) is 5.32 Å². The quantitative estimate of drug-likeness (QED) is 0.451. The smallest absolute Gasteiger partial charge is 0.251 e. The largest absolute Gasteiger partial charge is 0.397 e. The maximum Gasteiger partial charge on any atom is 0.251 e.